The number of nitrogens with zero attached hydrogens (tertiary/aromatic N) is 1. The monoisotopic (exact) mass is 276 g/mol. The van der Waals surface area contributed by atoms with E-state index in [1.54, 1.807) is 0 Å². The van der Waals surface area contributed by atoms with Crippen molar-refractivity contribution in [3.8, 4) is 0 Å². The fourth-order valence-corrected chi connectivity index (χ4v) is 3.44. The van der Waals surface area contributed by atoms with Crippen molar-refractivity contribution in [3.05, 3.63) is 35.4 Å². The SMILES string of the molecule is CN(C)CC(C)(O)CNC1c2ccccc2CC1(C)C. The zero-order valence-corrected chi connectivity index (χ0v) is 13.4. The second-order valence-corrected chi connectivity index (χ2v) is 7.41. The maximum absolute atomic E-state index is 10.5. The Kier molecular flexibility index (Phi) is 4.24. The van der Waals surface area contributed by atoms with Crippen LogP contribution >= 0.6 is 0 Å². The van der Waals surface area contributed by atoms with E-state index in [1.165, 1.54) is 11.1 Å². The Morgan fingerprint density at radius 3 is 2.65 bits per heavy atom. The summed E-state index contributed by atoms with van der Waals surface area (Å²) >= 11 is 0. The van der Waals surface area contributed by atoms with Gasteiger partial charge in [-0.25, -0.2) is 0 Å². The molecule has 2 unspecified atom stereocenters. The Morgan fingerprint density at radius 2 is 2.00 bits per heavy atom. The van der Waals surface area contributed by atoms with Gasteiger partial charge in [0.25, 0.3) is 0 Å². The molecule has 1 aliphatic carbocycles. The van der Waals surface area contributed by atoms with Crippen molar-refractivity contribution >= 4 is 0 Å². The van der Waals surface area contributed by atoms with Crippen LogP contribution in [0.25, 0.3) is 0 Å². The maximum Gasteiger partial charge on any atom is 0.0869 e. The molecule has 0 fully saturated rings. The largest absolute Gasteiger partial charge is 0.388 e. The minimum atomic E-state index is -0.711. The summed E-state index contributed by atoms with van der Waals surface area (Å²) in [6.45, 7) is 7.76. The number of hydrogen-bond donors (Lipinski definition) is 2. The molecule has 1 aliphatic rings. The number of benzene rings is 1. The molecule has 2 rings (SSSR count). The molecule has 0 aliphatic heterocycles. The number of nitrogens with one attached hydrogen (secondary N) is 1. The quantitative estimate of drug-likeness (QED) is 0.865. The van der Waals surface area contributed by atoms with Crippen LogP contribution in [0.15, 0.2) is 24.3 Å². The number of rotatable bonds is 5. The molecule has 2 N–H and O–H groups in total. The van der Waals surface area contributed by atoms with Gasteiger partial charge in [-0.3, -0.25) is 0 Å². The first-order valence-electron chi connectivity index (χ1n) is 7.40. The third-order valence-corrected chi connectivity index (χ3v) is 4.14. The molecule has 3 heteroatoms. The van der Waals surface area contributed by atoms with Crippen LogP contribution in [0.4, 0.5) is 0 Å². The third-order valence-electron chi connectivity index (χ3n) is 4.14. The topological polar surface area (TPSA) is 35.5 Å². The molecule has 0 amide bonds. The Hall–Kier alpha value is -0.900. The molecular formula is C17H28N2O. The van der Waals surface area contributed by atoms with Crippen molar-refractivity contribution in [1.29, 1.82) is 0 Å². The highest BCUT2D eigenvalue weighted by Gasteiger charge is 2.39. The minimum absolute atomic E-state index is 0.192. The Labute approximate surface area is 123 Å². The predicted molar refractivity (Wildman–Crippen MR) is 83.8 cm³/mol. The fraction of sp³-hybridized carbons (Fsp3) is 0.647. The van der Waals surface area contributed by atoms with Gasteiger partial charge in [0.1, 0.15) is 0 Å². The summed E-state index contributed by atoms with van der Waals surface area (Å²) in [5, 5.41) is 14.1. The van der Waals surface area contributed by atoms with Crippen molar-refractivity contribution in [2.24, 2.45) is 5.41 Å². The van der Waals surface area contributed by atoms with Crippen molar-refractivity contribution in [3.63, 3.8) is 0 Å². The zero-order chi connectivity index (χ0) is 15.0. The summed E-state index contributed by atoms with van der Waals surface area (Å²) in [5.41, 5.74) is 2.30. The van der Waals surface area contributed by atoms with Crippen LogP contribution in [-0.2, 0) is 6.42 Å². The predicted octanol–water partition coefficient (Wildman–Crippen LogP) is 2.21. The fourth-order valence-electron chi connectivity index (χ4n) is 3.44. The van der Waals surface area contributed by atoms with Gasteiger partial charge in [0, 0.05) is 19.1 Å². The lowest BCUT2D eigenvalue weighted by Gasteiger charge is -2.33. The summed E-state index contributed by atoms with van der Waals surface area (Å²) in [4.78, 5) is 2.02. The summed E-state index contributed by atoms with van der Waals surface area (Å²) in [7, 11) is 3.98. The Morgan fingerprint density at radius 1 is 1.35 bits per heavy atom. The van der Waals surface area contributed by atoms with Crippen LogP contribution in [0.5, 0.6) is 0 Å². The second-order valence-electron chi connectivity index (χ2n) is 7.41. The lowest BCUT2D eigenvalue weighted by molar-refractivity contribution is 0.0274. The Balaban J connectivity index is 2.09. The first-order valence-corrected chi connectivity index (χ1v) is 7.40. The highest BCUT2D eigenvalue weighted by atomic mass is 16.3. The molecule has 20 heavy (non-hydrogen) atoms. The van der Waals surface area contributed by atoms with Gasteiger partial charge in [-0.2, -0.15) is 0 Å². The highest BCUT2D eigenvalue weighted by Crippen LogP contribution is 2.44. The molecule has 0 aromatic heterocycles. The van der Waals surface area contributed by atoms with E-state index in [4.69, 9.17) is 0 Å². The van der Waals surface area contributed by atoms with Gasteiger partial charge in [-0.1, -0.05) is 38.1 Å². The lowest BCUT2D eigenvalue weighted by Crippen LogP contribution is -2.47. The van der Waals surface area contributed by atoms with Crippen molar-refractivity contribution < 1.29 is 5.11 Å². The average molecular weight is 276 g/mol. The molecule has 1 aromatic rings. The van der Waals surface area contributed by atoms with Crippen molar-refractivity contribution in [1.82, 2.24) is 10.2 Å². The summed E-state index contributed by atoms with van der Waals surface area (Å²) < 4.78 is 0. The average Bonchev–Trinajstić information content (AvgIpc) is 2.54. The smallest absolute Gasteiger partial charge is 0.0869 e. The van der Waals surface area contributed by atoms with Crippen LogP contribution in [0.3, 0.4) is 0 Å². The van der Waals surface area contributed by atoms with Gasteiger partial charge in [0.15, 0.2) is 0 Å². The molecule has 112 valence electrons. The molecular weight excluding hydrogens is 248 g/mol. The molecule has 0 saturated carbocycles. The molecule has 0 bridgehead atoms. The van der Waals surface area contributed by atoms with E-state index in [-0.39, 0.29) is 5.41 Å². The number of fused-ring (bicyclic) bond motifs is 1. The molecule has 1 aromatic carbocycles. The van der Waals surface area contributed by atoms with Crippen LogP contribution in [0.2, 0.25) is 0 Å². The van der Waals surface area contributed by atoms with Crippen LogP contribution in [-0.4, -0.2) is 42.8 Å². The minimum Gasteiger partial charge on any atom is -0.388 e. The molecule has 0 radical (unpaired) electrons. The number of likely N-dealkylation sites (N-methyl/N-ethyl adjacent to an activating group) is 1. The number of hydrogen-bond acceptors (Lipinski definition) is 3. The third kappa shape index (κ3) is 3.40. The van der Waals surface area contributed by atoms with E-state index in [0.29, 0.717) is 19.1 Å². The maximum atomic E-state index is 10.5. The zero-order valence-electron chi connectivity index (χ0n) is 13.4. The lowest BCUT2D eigenvalue weighted by atomic mass is 9.85. The molecule has 3 nitrogen and oxygen atoms in total. The van der Waals surface area contributed by atoms with E-state index in [9.17, 15) is 5.11 Å². The standard InChI is InChI=1S/C17H28N2O/c1-16(2)10-13-8-6-7-9-14(13)15(16)18-11-17(3,20)12-19(4)5/h6-9,15,18,20H,10-12H2,1-5H3. The van der Waals surface area contributed by atoms with Crippen LogP contribution < -0.4 is 5.32 Å². The van der Waals surface area contributed by atoms with Crippen LogP contribution in [0.1, 0.15) is 37.9 Å². The molecule has 2 atom stereocenters. The van der Waals surface area contributed by atoms with Gasteiger partial charge in [-0.15, -0.1) is 0 Å². The van der Waals surface area contributed by atoms with Gasteiger partial charge in [0.2, 0.25) is 0 Å². The van der Waals surface area contributed by atoms with E-state index < -0.39 is 5.60 Å². The second kappa shape index (κ2) is 5.47. The van der Waals surface area contributed by atoms with Gasteiger partial charge >= 0.3 is 0 Å². The normalized spacial score (nSPS) is 23.6. The van der Waals surface area contributed by atoms with Crippen molar-refractivity contribution in [2.75, 3.05) is 27.2 Å². The first-order chi connectivity index (χ1) is 9.21. The number of aliphatic hydroxyl groups is 1. The first kappa shape index (κ1) is 15.5. The summed E-state index contributed by atoms with van der Waals surface area (Å²) in [6.07, 6.45) is 1.09. The van der Waals surface area contributed by atoms with E-state index in [0.717, 1.165) is 6.42 Å². The van der Waals surface area contributed by atoms with Crippen LogP contribution in [0, 0.1) is 5.41 Å². The van der Waals surface area contributed by atoms with E-state index in [2.05, 4.69) is 43.4 Å². The van der Waals surface area contributed by atoms with Gasteiger partial charge < -0.3 is 15.3 Å². The molecule has 0 heterocycles. The Bertz CT molecular complexity index is 466. The van der Waals surface area contributed by atoms with E-state index in [1.807, 2.05) is 25.9 Å². The molecule has 0 spiro atoms. The van der Waals surface area contributed by atoms with Crippen molar-refractivity contribution in [2.45, 2.75) is 38.8 Å². The summed E-state index contributed by atoms with van der Waals surface area (Å²) in [6, 6.07) is 8.96. The highest BCUT2D eigenvalue weighted by molar-refractivity contribution is 5.37. The summed E-state index contributed by atoms with van der Waals surface area (Å²) in [5.74, 6) is 0. The van der Waals surface area contributed by atoms with Gasteiger partial charge in [-0.05, 0) is 44.0 Å². The van der Waals surface area contributed by atoms with Gasteiger partial charge in [0.05, 0.1) is 5.60 Å². The van der Waals surface area contributed by atoms with E-state index >= 15 is 0 Å². The molecule has 0 saturated heterocycles.